The molecule has 1 amide bonds. The normalized spacial score (nSPS) is 11.6. The first-order chi connectivity index (χ1) is 13.9. The second kappa shape index (κ2) is 9.31. The molecule has 5 nitrogen and oxygen atoms in total. The highest BCUT2D eigenvalue weighted by atomic mass is 35.5. The van der Waals surface area contributed by atoms with E-state index in [1.807, 2.05) is 0 Å². The molecular formula is C21H17Cl2NO4S. The Labute approximate surface area is 182 Å². The lowest BCUT2D eigenvalue weighted by molar-refractivity contribution is -0.122. The van der Waals surface area contributed by atoms with Crippen LogP contribution in [0.4, 0.5) is 5.00 Å². The van der Waals surface area contributed by atoms with Gasteiger partial charge < -0.3 is 14.8 Å². The summed E-state index contributed by atoms with van der Waals surface area (Å²) >= 11 is 13.1. The third-order valence-electron chi connectivity index (χ3n) is 4.05. The summed E-state index contributed by atoms with van der Waals surface area (Å²) in [7, 11) is 1.29. The minimum atomic E-state index is -0.806. The average molecular weight is 450 g/mol. The second-order valence-corrected chi connectivity index (χ2v) is 7.81. The SMILES string of the molecule is COC(=O)c1c(-c2ccc(Cl)cc2)csc1NC(=O)C(C)Oc1cccc(Cl)c1. The molecule has 1 unspecified atom stereocenters. The summed E-state index contributed by atoms with van der Waals surface area (Å²) in [6, 6.07) is 13.8. The Morgan fingerprint density at radius 1 is 1.07 bits per heavy atom. The van der Waals surface area contributed by atoms with Crippen molar-refractivity contribution in [2.24, 2.45) is 0 Å². The quantitative estimate of drug-likeness (QED) is 0.474. The summed E-state index contributed by atoms with van der Waals surface area (Å²) in [5.74, 6) is -0.476. The minimum absolute atomic E-state index is 0.281. The van der Waals surface area contributed by atoms with Gasteiger partial charge >= 0.3 is 5.97 Å². The largest absolute Gasteiger partial charge is 0.481 e. The molecule has 0 spiro atoms. The molecule has 1 atom stereocenters. The molecule has 1 heterocycles. The topological polar surface area (TPSA) is 64.6 Å². The molecule has 1 N–H and O–H groups in total. The van der Waals surface area contributed by atoms with E-state index in [4.69, 9.17) is 32.7 Å². The maximum atomic E-state index is 12.6. The van der Waals surface area contributed by atoms with Gasteiger partial charge in [0, 0.05) is 21.0 Å². The van der Waals surface area contributed by atoms with Crippen molar-refractivity contribution >= 4 is 51.4 Å². The van der Waals surface area contributed by atoms with E-state index in [1.165, 1.54) is 18.4 Å². The molecule has 0 aliphatic rings. The summed E-state index contributed by atoms with van der Waals surface area (Å²) in [6.45, 7) is 1.61. The van der Waals surface area contributed by atoms with Gasteiger partial charge in [0.05, 0.1) is 7.11 Å². The van der Waals surface area contributed by atoms with Crippen LogP contribution in [0.25, 0.3) is 11.1 Å². The van der Waals surface area contributed by atoms with Crippen LogP contribution in [0.5, 0.6) is 5.75 Å². The maximum Gasteiger partial charge on any atom is 0.341 e. The number of esters is 1. The Morgan fingerprint density at radius 2 is 1.79 bits per heavy atom. The van der Waals surface area contributed by atoms with E-state index < -0.39 is 18.0 Å². The van der Waals surface area contributed by atoms with Crippen molar-refractivity contribution in [3.05, 3.63) is 69.5 Å². The zero-order chi connectivity index (χ0) is 21.0. The van der Waals surface area contributed by atoms with Crippen LogP contribution in [-0.2, 0) is 9.53 Å². The van der Waals surface area contributed by atoms with Crippen LogP contribution in [0, 0.1) is 0 Å². The van der Waals surface area contributed by atoms with Crippen molar-refractivity contribution in [2.45, 2.75) is 13.0 Å². The summed E-state index contributed by atoms with van der Waals surface area (Å²) in [5, 5.41) is 6.02. The van der Waals surface area contributed by atoms with Gasteiger partial charge in [0.25, 0.3) is 5.91 Å². The lowest BCUT2D eigenvalue weighted by atomic mass is 10.0. The van der Waals surface area contributed by atoms with Crippen molar-refractivity contribution in [1.29, 1.82) is 0 Å². The van der Waals surface area contributed by atoms with Crippen molar-refractivity contribution < 1.29 is 19.1 Å². The van der Waals surface area contributed by atoms with E-state index in [1.54, 1.807) is 60.8 Å². The van der Waals surface area contributed by atoms with Crippen molar-refractivity contribution in [3.63, 3.8) is 0 Å². The van der Waals surface area contributed by atoms with Crippen LogP contribution in [0.1, 0.15) is 17.3 Å². The smallest absolute Gasteiger partial charge is 0.341 e. The molecule has 3 rings (SSSR count). The lowest BCUT2D eigenvalue weighted by Gasteiger charge is -2.15. The number of nitrogens with one attached hydrogen (secondary N) is 1. The Morgan fingerprint density at radius 3 is 2.45 bits per heavy atom. The number of hydrogen-bond acceptors (Lipinski definition) is 5. The first-order valence-corrected chi connectivity index (χ1v) is 10.2. The van der Waals surface area contributed by atoms with Crippen molar-refractivity contribution in [3.8, 4) is 16.9 Å². The van der Waals surface area contributed by atoms with Crippen LogP contribution >= 0.6 is 34.5 Å². The molecule has 150 valence electrons. The van der Waals surface area contributed by atoms with Gasteiger partial charge in [-0.25, -0.2) is 4.79 Å². The minimum Gasteiger partial charge on any atom is -0.481 e. The Kier molecular flexibility index (Phi) is 6.79. The highest BCUT2D eigenvalue weighted by Crippen LogP contribution is 2.36. The zero-order valence-electron chi connectivity index (χ0n) is 15.6. The lowest BCUT2D eigenvalue weighted by Crippen LogP contribution is -2.30. The van der Waals surface area contributed by atoms with Gasteiger partial charge in [0.1, 0.15) is 16.3 Å². The summed E-state index contributed by atoms with van der Waals surface area (Å²) in [4.78, 5) is 25.0. The number of ether oxygens (including phenoxy) is 2. The van der Waals surface area contributed by atoms with E-state index in [0.717, 1.165) is 5.56 Å². The molecule has 0 bridgehead atoms. The number of benzene rings is 2. The second-order valence-electron chi connectivity index (χ2n) is 6.06. The van der Waals surface area contributed by atoms with E-state index in [9.17, 15) is 9.59 Å². The van der Waals surface area contributed by atoms with Crippen LogP contribution in [0.3, 0.4) is 0 Å². The number of thiophene rings is 1. The van der Waals surface area contributed by atoms with Crippen molar-refractivity contribution in [1.82, 2.24) is 0 Å². The standard InChI is InChI=1S/C21H17Cl2NO4S/c1-12(28-16-5-3-4-15(23)10-16)19(25)24-20-18(21(26)27-2)17(11-29-20)13-6-8-14(22)9-7-13/h3-12H,1-2H3,(H,24,25). The predicted molar refractivity (Wildman–Crippen MR) is 116 cm³/mol. The first kappa shape index (κ1) is 21.2. The number of amides is 1. The molecule has 0 saturated heterocycles. The number of halogens is 2. The van der Waals surface area contributed by atoms with Crippen molar-refractivity contribution in [2.75, 3.05) is 12.4 Å². The Bertz CT molecular complexity index is 1030. The predicted octanol–water partition coefficient (Wildman–Crippen LogP) is 5.91. The van der Waals surface area contributed by atoms with Gasteiger partial charge in [0.15, 0.2) is 6.10 Å². The fraction of sp³-hybridized carbons (Fsp3) is 0.143. The van der Waals surface area contributed by atoms with Crippen LogP contribution in [-0.4, -0.2) is 25.1 Å². The molecule has 1 aromatic heterocycles. The molecule has 2 aromatic carbocycles. The average Bonchev–Trinajstić information content (AvgIpc) is 3.11. The molecule has 0 fully saturated rings. The van der Waals surface area contributed by atoms with Crippen LogP contribution in [0.2, 0.25) is 10.0 Å². The Balaban J connectivity index is 1.83. The van der Waals surface area contributed by atoms with Gasteiger partial charge in [-0.15, -0.1) is 11.3 Å². The molecule has 8 heteroatoms. The molecule has 0 aliphatic carbocycles. The molecule has 29 heavy (non-hydrogen) atoms. The van der Waals surface area contributed by atoms with Gasteiger partial charge in [-0.2, -0.15) is 0 Å². The third-order valence-corrected chi connectivity index (χ3v) is 5.43. The highest BCUT2D eigenvalue weighted by Gasteiger charge is 2.24. The third kappa shape index (κ3) is 5.09. The molecule has 3 aromatic rings. The number of carbonyl (C=O) groups excluding carboxylic acids is 2. The number of anilines is 1. The number of carbonyl (C=O) groups is 2. The van der Waals surface area contributed by atoms with Gasteiger partial charge in [0.2, 0.25) is 0 Å². The van der Waals surface area contributed by atoms with Gasteiger partial charge in [-0.3, -0.25) is 4.79 Å². The fourth-order valence-electron chi connectivity index (χ4n) is 2.61. The van der Waals surface area contributed by atoms with E-state index in [0.29, 0.717) is 26.4 Å². The summed E-state index contributed by atoms with van der Waals surface area (Å²) < 4.78 is 10.6. The summed E-state index contributed by atoms with van der Waals surface area (Å²) in [5.41, 5.74) is 1.72. The number of methoxy groups -OCH3 is 1. The molecule has 0 saturated carbocycles. The van der Waals surface area contributed by atoms with E-state index in [2.05, 4.69) is 5.32 Å². The van der Waals surface area contributed by atoms with E-state index in [-0.39, 0.29) is 5.56 Å². The zero-order valence-corrected chi connectivity index (χ0v) is 17.9. The maximum absolute atomic E-state index is 12.6. The van der Waals surface area contributed by atoms with Gasteiger partial charge in [-0.1, -0.05) is 41.4 Å². The van der Waals surface area contributed by atoms with Crippen LogP contribution in [0.15, 0.2) is 53.9 Å². The highest BCUT2D eigenvalue weighted by molar-refractivity contribution is 7.15. The number of rotatable bonds is 6. The molecule has 0 aliphatic heterocycles. The molecule has 0 radical (unpaired) electrons. The Hall–Kier alpha value is -2.54. The molecular weight excluding hydrogens is 433 g/mol. The van der Waals surface area contributed by atoms with E-state index >= 15 is 0 Å². The summed E-state index contributed by atoms with van der Waals surface area (Å²) in [6.07, 6.45) is -0.806. The van der Waals surface area contributed by atoms with Gasteiger partial charge in [-0.05, 0) is 42.8 Å². The fourth-order valence-corrected chi connectivity index (χ4v) is 3.87. The number of hydrogen-bond donors (Lipinski definition) is 1. The first-order valence-electron chi connectivity index (χ1n) is 8.58. The monoisotopic (exact) mass is 449 g/mol. The van der Waals surface area contributed by atoms with Crippen LogP contribution < -0.4 is 10.1 Å².